The number of H-pyrrole nitrogens is 1. The van der Waals surface area contributed by atoms with Gasteiger partial charge in [-0.1, -0.05) is 30.3 Å². The van der Waals surface area contributed by atoms with E-state index in [0.717, 1.165) is 5.56 Å². The molecule has 2 rings (SSSR count). The normalized spacial score (nSPS) is 10.3. The van der Waals surface area contributed by atoms with Gasteiger partial charge < -0.3 is 19.4 Å². The molecule has 23 heavy (non-hydrogen) atoms. The largest absolute Gasteiger partial charge is 0.451 e. The minimum atomic E-state index is -0.547. The molecule has 6 nitrogen and oxygen atoms in total. The zero-order valence-corrected chi connectivity index (χ0v) is 13.0. The number of ether oxygens (including phenoxy) is 2. The van der Waals surface area contributed by atoms with Crippen molar-refractivity contribution in [3.8, 4) is 0 Å². The molecule has 6 heteroatoms. The fourth-order valence-corrected chi connectivity index (χ4v) is 2.05. The van der Waals surface area contributed by atoms with Gasteiger partial charge >= 0.3 is 5.97 Å². The highest BCUT2D eigenvalue weighted by molar-refractivity contribution is 5.89. The van der Waals surface area contributed by atoms with Gasteiger partial charge in [0.15, 0.2) is 6.61 Å². The minimum Gasteiger partial charge on any atom is -0.451 e. The average molecular weight is 316 g/mol. The first-order chi connectivity index (χ1) is 11.2. The molecule has 0 atom stereocenters. The summed E-state index contributed by atoms with van der Waals surface area (Å²) in [5.74, 6) is -0.805. The number of rotatable bonds is 8. The standard InChI is InChI=1S/C17H20N2O4/c1-22-11-10-19(12-14-6-3-2-4-7-14)16(20)13-23-17(21)15-8-5-9-18-15/h2-9,18H,10-13H2,1H3. The van der Waals surface area contributed by atoms with Crippen molar-refractivity contribution in [1.29, 1.82) is 0 Å². The van der Waals surface area contributed by atoms with E-state index in [1.807, 2.05) is 30.3 Å². The predicted octanol–water partition coefficient (Wildman–Crippen LogP) is 1.85. The third kappa shape index (κ3) is 5.27. The Hall–Kier alpha value is -2.60. The van der Waals surface area contributed by atoms with E-state index in [-0.39, 0.29) is 12.5 Å². The number of hydrogen-bond acceptors (Lipinski definition) is 4. The maximum Gasteiger partial charge on any atom is 0.355 e. The molecule has 0 aliphatic carbocycles. The molecule has 1 heterocycles. The van der Waals surface area contributed by atoms with E-state index in [1.165, 1.54) is 0 Å². The summed E-state index contributed by atoms with van der Waals surface area (Å²) in [4.78, 5) is 28.4. The summed E-state index contributed by atoms with van der Waals surface area (Å²) in [6, 6.07) is 12.9. The first kappa shape index (κ1) is 16.8. The number of amides is 1. The van der Waals surface area contributed by atoms with Crippen LogP contribution in [-0.4, -0.2) is 48.6 Å². The number of aromatic nitrogens is 1. The number of benzene rings is 1. The van der Waals surface area contributed by atoms with Crippen LogP contribution in [0.25, 0.3) is 0 Å². The summed E-state index contributed by atoms with van der Waals surface area (Å²) >= 11 is 0. The number of carbonyl (C=O) groups is 2. The molecule has 0 aliphatic heterocycles. The van der Waals surface area contributed by atoms with Crippen LogP contribution in [0.15, 0.2) is 48.7 Å². The number of esters is 1. The van der Waals surface area contributed by atoms with E-state index in [9.17, 15) is 9.59 Å². The smallest absolute Gasteiger partial charge is 0.355 e. The number of nitrogens with one attached hydrogen (secondary N) is 1. The Morgan fingerprint density at radius 3 is 2.57 bits per heavy atom. The SMILES string of the molecule is COCCN(Cc1ccccc1)C(=O)COC(=O)c1ccc[nH]1. The Morgan fingerprint density at radius 1 is 1.13 bits per heavy atom. The van der Waals surface area contributed by atoms with Crippen molar-refractivity contribution in [2.75, 3.05) is 26.9 Å². The molecular weight excluding hydrogens is 296 g/mol. The molecule has 1 aromatic carbocycles. The van der Waals surface area contributed by atoms with Crippen molar-refractivity contribution in [2.24, 2.45) is 0 Å². The topological polar surface area (TPSA) is 71.6 Å². The van der Waals surface area contributed by atoms with Crippen LogP contribution in [0.5, 0.6) is 0 Å². The van der Waals surface area contributed by atoms with Gasteiger partial charge in [0.05, 0.1) is 6.61 Å². The van der Waals surface area contributed by atoms with Gasteiger partial charge in [-0.05, 0) is 17.7 Å². The summed E-state index contributed by atoms with van der Waals surface area (Å²) in [6.45, 7) is 1.00. The molecule has 0 aliphatic rings. The molecule has 0 saturated carbocycles. The molecule has 0 unspecified atom stereocenters. The zero-order valence-electron chi connectivity index (χ0n) is 13.0. The summed E-state index contributed by atoms with van der Waals surface area (Å²) in [5.41, 5.74) is 1.33. The molecule has 0 fully saturated rings. The Bertz CT molecular complexity index is 611. The third-order valence-corrected chi connectivity index (χ3v) is 3.28. The van der Waals surface area contributed by atoms with E-state index >= 15 is 0 Å². The first-order valence-corrected chi connectivity index (χ1v) is 7.32. The fraction of sp³-hybridized carbons (Fsp3) is 0.294. The second-order valence-electron chi connectivity index (χ2n) is 4.95. The van der Waals surface area contributed by atoms with Crippen molar-refractivity contribution in [3.05, 3.63) is 59.9 Å². The van der Waals surface area contributed by atoms with Crippen molar-refractivity contribution < 1.29 is 19.1 Å². The van der Waals surface area contributed by atoms with Crippen molar-refractivity contribution in [2.45, 2.75) is 6.54 Å². The van der Waals surface area contributed by atoms with Crippen LogP contribution >= 0.6 is 0 Å². The van der Waals surface area contributed by atoms with Gasteiger partial charge in [0.2, 0.25) is 0 Å². The zero-order chi connectivity index (χ0) is 16.5. The van der Waals surface area contributed by atoms with Crippen LogP contribution in [0.4, 0.5) is 0 Å². The summed E-state index contributed by atoms with van der Waals surface area (Å²) in [6.07, 6.45) is 1.62. The first-order valence-electron chi connectivity index (χ1n) is 7.32. The number of carbonyl (C=O) groups excluding carboxylic acids is 2. The predicted molar refractivity (Wildman–Crippen MR) is 84.8 cm³/mol. The highest BCUT2D eigenvalue weighted by atomic mass is 16.5. The molecular formula is C17H20N2O4. The number of nitrogens with zero attached hydrogens (tertiary/aromatic N) is 1. The molecule has 0 bridgehead atoms. The maximum absolute atomic E-state index is 12.3. The lowest BCUT2D eigenvalue weighted by molar-refractivity contribution is -0.135. The van der Waals surface area contributed by atoms with E-state index in [2.05, 4.69) is 4.98 Å². The second-order valence-corrected chi connectivity index (χ2v) is 4.95. The molecule has 2 aromatic rings. The Labute approximate surface area is 135 Å². The van der Waals surface area contributed by atoms with Crippen molar-refractivity contribution in [3.63, 3.8) is 0 Å². The molecule has 0 saturated heterocycles. The number of aromatic amines is 1. The number of methoxy groups -OCH3 is 1. The lowest BCUT2D eigenvalue weighted by Gasteiger charge is -2.22. The lowest BCUT2D eigenvalue weighted by atomic mass is 10.2. The molecule has 1 aromatic heterocycles. The quantitative estimate of drug-likeness (QED) is 0.754. The van der Waals surface area contributed by atoms with E-state index in [1.54, 1.807) is 30.3 Å². The second kappa shape index (κ2) is 8.75. The maximum atomic E-state index is 12.3. The molecule has 1 amide bonds. The number of hydrogen-bond donors (Lipinski definition) is 1. The van der Waals surface area contributed by atoms with E-state index in [0.29, 0.717) is 25.4 Å². The van der Waals surface area contributed by atoms with Gasteiger partial charge in [-0.3, -0.25) is 4.79 Å². The van der Waals surface area contributed by atoms with Crippen LogP contribution in [0, 0.1) is 0 Å². The Morgan fingerprint density at radius 2 is 1.91 bits per heavy atom. The summed E-state index contributed by atoms with van der Waals surface area (Å²) < 4.78 is 10.1. The summed E-state index contributed by atoms with van der Waals surface area (Å²) in [7, 11) is 1.58. The van der Waals surface area contributed by atoms with E-state index < -0.39 is 5.97 Å². The third-order valence-electron chi connectivity index (χ3n) is 3.28. The van der Waals surface area contributed by atoms with Crippen LogP contribution in [0.3, 0.4) is 0 Å². The molecule has 1 N–H and O–H groups in total. The Balaban J connectivity index is 1.92. The Kier molecular flexibility index (Phi) is 6.38. The van der Waals surface area contributed by atoms with Crippen LogP contribution in [0.2, 0.25) is 0 Å². The van der Waals surface area contributed by atoms with Gasteiger partial charge in [0.1, 0.15) is 5.69 Å². The molecule has 0 spiro atoms. The van der Waals surface area contributed by atoms with Crippen LogP contribution in [0.1, 0.15) is 16.1 Å². The van der Waals surface area contributed by atoms with Crippen molar-refractivity contribution >= 4 is 11.9 Å². The minimum absolute atomic E-state index is 0.259. The van der Waals surface area contributed by atoms with Crippen LogP contribution in [-0.2, 0) is 20.8 Å². The molecule has 122 valence electrons. The highest BCUT2D eigenvalue weighted by Crippen LogP contribution is 2.06. The van der Waals surface area contributed by atoms with Crippen molar-refractivity contribution in [1.82, 2.24) is 9.88 Å². The highest BCUT2D eigenvalue weighted by Gasteiger charge is 2.17. The van der Waals surface area contributed by atoms with Crippen LogP contribution < -0.4 is 0 Å². The monoisotopic (exact) mass is 316 g/mol. The van der Waals surface area contributed by atoms with Gasteiger partial charge in [-0.2, -0.15) is 0 Å². The van der Waals surface area contributed by atoms with E-state index in [4.69, 9.17) is 9.47 Å². The van der Waals surface area contributed by atoms with Gasteiger partial charge in [0.25, 0.3) is 5.91 Å². The van der Waals surface area contributed by atoms with Gasteiger partial charge in [-0.15, -0.1) is 0 Å². The summed E-state index contributed by atoms with van der Waals surface area (Å²) in [5, 5.41) is 0. The van der Waals surface area contributed by atoms with Gasteiger partial charge in [-0.25, -0.2) is 4.79 Å². The average Bonchev–Trinajstić information content (AvgIpc) is 3.11. The van der Waals surface area contributed by atoms with Gasteiger partial charge in [0, 0.05) is 26.4 Å². The molecule has 0 radical (unpaired) electrons. The lowest BCUT2D eigenvalue weighted by Crippen LogP contribution is -2.36. The fourth-order valence-electron chi connectivity index (χ4n) is 2.05.